The van der Waals surface area contributed by atoms with E-state index in [1.165, 1.54) is 0 Å². The summed E-state index contributed by atoms with van der Waals surface area (Å²) in [5, 5.41) is 9.88. The predicted molar refractivity (Wildman–Crippen MR) is 55.5 cm³/mol. The topological polar surface area (TPSA) is 39.6 Å². The van der Waals surface area contributed by atoms with Crippen LogP contribution >= 0.6 is 15.9 Å². The molecule has 1 aromatic carbocycles. The van der Waals surface area contributed by atoms with Gasteiger partial charge in [0.25, 0.3) is 0 Å². The largest absolute Gasteiger partial charge is 0.360 e. The number of fused-ring (bicyclic) bond motifs is 1. The van der Waals surface area contributed by atoms with Crippen LogP contribution in [0.15, 0.2) is 22.8 Å². The van der Waals surface area contributed by atoms with Gasteiger partial charge in [-0.15, -0.1) is 0 Å². The molecule has 1 aromatic heterocycles. The average Bonchev–Trinajstić information content (AvgIpc) is 2.46. The van der Waals surface area contributed by atoms with Crippen molar-refractivity contribution >= 4 is 26.8 Å². The molecular formula is C10H7BrN2. The van der Waals surface area contributed by atoms with Gasteiger partial charge in [0.1, 0.15) is 0 Å². The van der Waals surface area contributed by atoms with Crippen molar-refractivity contribution in [2.24, 2.45) is 0 Å². The molecule has 0 saturated heterocycles. The van der Waals surface area contributed by atoms with Crippen LogP contribution < -0.4 is 0 Å². The standard InChI is InChI=1S/C10H7BrN2/c1-6-2-7(4-12)10-8(11)5-13-9(10)3-6/h2-3,5,13H,1H3. The van der Waals surface area contributed by atoms with Crippen LogP contribution in [-0.2, 0) is 0 Å². The molecule has 0 radical (unpaired) electrons. The Morgan fingerprint density at radius 3 is 2.92 bits per heavy atom. The highest BCUT2D eigenvalue weighted by atomic mass is 79.9. The third-order valence-electron chi connectivity index (χ3n) is 2.00. The zero-order valence-corrected chi connectivity index (χ0v) is 8.64. The maximum Gasteiger partial charge on any atom is 0.0999 e. The van der Waals surface area contributed by atoms with E-state index >= 15 is 0 Å². The number of aryl methyl sites for hydroxylation is 1. The number of nitriles is 1. The van der Waals surface area contributed by atoms with Crippen molar-refractivity contribution < 1.29 is 0 Å². The van der Waals surface area contributed by atoms with Gasteiger partial charge in [0.05, 0.1) is 11.6 Å². The highest BCUT2D eigenvalue weighted by Gasteiger charge is 2.06. The number of halogens is 1. The van der Waals surface area contributed by atoms with Crippen molar-refractivity contribution in [3.05, 3.63) is 33.9 Å². The zero-order valence-electron chi connectivity index (χ0n) is 7.06. The first-order valence-electron chi connectivity index (χ1n) is 3.89. The van der Waals surface area contributed by atoms with Gasteiger partial charge in [0.15, 0.2) is 0 Å². The Labute approximate surface area is 84.3 Å². The molecule has 2 rings (SSSR count). The fourth-order valence-corrected chi connectivity index (χ4v) is 2.00. The predicted octanol–water partition coefficient (Wildman–Crippen LogP) is 3.11. The number of nitrogens with one attached hydrogen (secondary N) is 1. The average molecular weight is 235 g/mol. The summed E-state index contributed by atoms with van der Waals surface area (Å²) in [6, 6.07) is 6.11. The van der Waals surface area contributed by atoms with Crippen LogP contribution in [0.1, 0.15) is 11.1 Å². The summed E-state index contributed by atoms with van der Waals surface area (Å²) in [5.74, 6) is 0. The molecule has 0 unspecified atom stereocenters. The molecule has 13 heavy (non-hydrogen) atoms. The van der Waals surface area contributed by atoms with Crippen molar-refractivity contribution in [3.8, 4) is 6.07 Å². The maximum atomic E-state index is 8.92. The lowest BCUT2D eigenvalue weighted by Crippen LogP contribution is -1.80. The molecule has 0 amide bonds. The third kappa shape index (κ3) is 1.24. The summed E-state index contributed by atoms with van der Waals surface area (Å²) in [6.45, 7) is 1.98. The Balaban J connectivity index is 2.95. The van der Waals surface area contributed by atoms with Gasteiger partial charge in [0.2, 0.25) is 0 Å². The van der Waals surface area contributed by atoms with E-state index in [4.69, 9.17) is 5.26 Å². The number of aromatic nitrogens is 1. The number of hydrogen-bond donors (Lipinski definition) is 1. The molecule has 2 aromatic rings. The van der Waals surface area contributed by atoms with E-state index in [2.05, 4.69) is 27.0 Å². The van der Waals surface area contributed by atoms with Crippen molar-refractivity contribution in [2.75, 3.05) is 0 Å². The van der Waals surface area contributed by atoms with Gasteiger partial charge in [-0.3, -0.25) is 0 Å². The number of aromatic amines is 1. The molecule has 0 saturated carbocycles. The number of rotatable bonds is 0. The second kappa shape index (κ2) is 2.90. The maximum absolute atomic E-state index is 8.92. The first-order chi connectivity index (χ1) is 6.22. The molecule has 0 aliphatic heterocycles. The van der Waals surface area contributed by atoms with E-state index in [0.717, 1.165) is 20.9 Å². The van der Waals surface area contributed by atoms with E-state index in [0.29, 0.717) is 5.56 Å². The molecule has 64 valence electrons. The molecule has 1 N–H and O–H groups in total. The molecule has 3 heteroatoms. The van der Waals surface area contributed by atoms with Crippen molar-refractivity contribution in [1.82, 2.24) is 4.98 Å². The molecule has 0 spiro atoms. The monoisotopic (exact) mass is 234 g/mol. The van der Waals surface area contributed by atoms with E-state index in [-0.39, 0.29) is 0 Å². The van der Waals surface area contributed by atoms with E-state index < -0.39 is 0 Å². The minimum atomic E-state index is 0.711. The molecule has 0 fully saturated rings. The number of benzene rings is 1. The van der Waals surface area contributed by atoms with Crippen LogP contribution in [0.3, 0.4) is 0 Å². The Morgan fingerprint density at radius 2 is 2.23 bits per heavy atom. The first kappa shape index (κ1) is 8.33. The fraction of sp³-hybridized carbons (Fsp3) is 0.100. The molecule has 0 aliphatic rings. The van der Waals surface area contributed by atoms with E-state index in [1.807, 2.05) is 25.3 Å². The Bertz CT molecular complexity index is 505. The van der Waals surface area contributed by atoms with Crippen molar-refractivity contribution in [3.63, 3.8) is 0 Å². The van der Waals surface area contributed by atoms with Gasteiger partial charge in [-0.1, -0.05) is 0 Å². The molecule has 0 aliphatic carbocycles. The zero-order chi connectivity index (χ0) is 9.42. The fourth-order valence-electron chi connectivity index (χ4n) is 1.46. The summed E-state index contributed by atoms with van der Waals surface area (Å²) >= 11 is 3.40. The molecule has 1 heterocycles. The Hall–Kier alpha value is -1.27. The van der Waals surface area contributed by atoms with Gasteiger partial charge < -0.3 is 4.98 Å². The molecule has 2 nitrogen and oxygen atoms in total. The summed E-state index contributed by atoms with van der Waals surface area (Å²) < 4.78 is 0.944. The number of nitrogens with zero attached hydrogens (tertiary/aromatic N) is 1. The van der Waals surface area contributed by atoms with Crippen LogP contribution in [0, 0.1) is 18.3 Å². The highest BCUT2D eigenvalue weighted by Crippen LogP contribution is 2.27. The molecular weight excluding hydrogens is 228 g/mol. The normalized spacial score (nSPS) is 10.2. The quantitative estimate of drug-likeness (QED) is 0.748. The second-order valence-corrected chi connectivity index (χ2v) is 3.84. The van der Waals surface area contributed by atoms with Crippen LogP contribution in [0.2, 0.25) is 0 Å². The molecule has 0 bridgehead atoms. The number of H-pyrrole nitrogens is 1. The van der Waals surface area contributed by atoms with Gasteiger partial charge >= 0.3 is 0 Å². The van der Waals surface area contributed by atoms with Gasteiger partial charge in [-0.25, -0.2) is 0 Å². The third-order valence-corrected chi connectivity index (χ3v) is 2.62. The smallest absolute Gasteiger partial charge is 0.0999 e. The summed E-state index contributed by atoms with van der Waals surface area (Å²) in [7, 11) is 0. The summed E-state index contributed by atoms with van der Waals surface area (Å²) in [6.07, 6.45) is 1.85. The lowest BCUT2D eigenvalue weighted by atomic mass is 10.1. The summed E-state index contributed by atoms with van der Waals surface area (Å²) in [5.41, 5.74) is 2.81. The SMILES string of the molecule is Cc1cc(C#N)c2c(Br)c[nH]c2c1. The van der Waals surface area contributed by atoms with Crippen LogP contribution in [-0.4, -0.2) is 4.98 Å². The lowest BCUT2D eigenvalue weighted by Gasteiger charge is -1.97. The summed E-state index contributed by atoms with van der Waals surface area (Å²) in [4.78, 5) is 3.11. The van der Waals surface area contributed by atoms with Gasteiger partial charge in [-0.2, -0.15) is 5.26 Å². The lowest BCUT2D eigenvalue weighted by molar-refractivity contribution is 1.42. The Kier molecular flexibility index (Phi) is 1.86. The second-order valence-electron chi connectivity index (χ2n) is 2.98. The van der Waals surface area contributed by atoms with Gasteiger partial charge in [-0.05, 0) is 40.5 Å². The number of hydrogen-bond acceptors (Lipinski definition) is 1. The van der Waals surface area contributed by atoms with Crippen LogP contribution in [0.5, 0.6) is 0 Å². The first-order valence-corrected chi connectivity index (χ1v) is 4.69. The van der Waals surface area contributed by atoms with E-state index in [1.54, 1.807) is 0 Å². The highest BCUT2D eigenvalue weighted by molar-refractivity contribution is 9.10. The minimum absolute atomic E-state index is 0.711. The van der Waals surface area contributed by atoms with Crippen LogP contribution in [0.25, 0.3) is 10.9 Å². The van der Waals surface area contributed by atoms with E-state index in [9.17, 15) is 0 Å². The van der Waals surface area contributed by atoms with Crippen molar-refractivity contribution in [2.45, 2.75) is 6.92 Å². The van der Waals surface area contributed by atoms with Crippen molar-refractivity contribution in [1.29, 1.82) is 5.26 Å². The molecule has 0 atom stereocenters. The van der Waals surface area contributed by atoms with Crippen LogP contribution in [0.4, 0.5) is 0 Å². The Morgan fingerprint density at radius 1 is 1.46 bits per heavy atom. The van der Waals surface area contributed by atoms with Gasteiger partial charge in [0, 0.05) is 21.6 Å². The minimum Gasteiger partial charge on any atom is -0.360 e.